The Morgan fingerprint density at radius 2 is 2.00 bits per heavy atom. The molecule has 5 heteroatoms. The molecule has 0 unspecified atom stereocenters. The predicted molar refractivity (Wildman–Crippen MR) is 89.4 cm³/mol. The van der Waals surface area contributed by atoms with E-state index in [-0.39, 0.29) is 5.76 Å². The second kappa shape index (κ2) is 7.75. The smallest absolute Gasteiger partial charge is 0.149 e. The number of rotatable bonds is 6. The molecule has 1 aromatic carbocycles. The predicted octanol–water partition coefficient (Wildman–Crippen LogP) is 3.85. The topological polar surface area (TPSA) is 62.5 Å². The maximum absolute atomic E-state index is 10.8. The summed E-state index contributed by atoms with van der Waals surface area (Å²) in [7, 11) is 0. The number of aromatic carboxylic acids is 1. The lowest BCUT2D eigenvalue weighted by Crippen LogP contribution is -2.21. The minimum absolute atomic E-state index is 0.170. The Labute approximate surface area is 146 Å². The van der Waals surface area contributed by atoms with Crippen LogP contribution in [0.1, 0.15) is 54.0 Å². The van der Waals surface area contributed by atoms with Crippen molar-refractivity contribution in [2.75, 3.05) is 6.61 Å². The van der Waals surface area contributed by atoms with E-state index in [0.29, 0.717) is 29.7 Å². The van der Waals surface area contributed by atoms with Crippen molar-refractivity contribution in [3.05, 3.63) is 52.4 Å². The third-order valence-corrected chi connectivity index (χ3v) is 4.68. The number of carboxylic acids is 1. The summed E-state index contributed by atoms with van der Waals surface area (Å²) in [5.41, 5.74) is 0.887. The van der Waals surface area contributed by atoms with Gasteiger partial charge in [0, 0.05) is 17.0 Å². The Balaban J connectivity index is 1.70. The van der Waals surface area contributed by atoms with Gasteiger partial charge in [0.1, 0.15) is 23.2 Å². The van der Waals surface area contributed by atoms with Crippen molar-refractivity contribution in [2.24, 2.45) is 5.92 Å². The van der Waals surface area contributed by atoms with E-state index in [1.807, 2.05) is 12.1 Å². The molecule has 0 N–H and O–H groups in total. The molecule has 0 radical (unpaired) electrons. The molecular weight excluding hydrogens is 328 g/mol. The molecule has 0 amide bonds. The first-order valence-electron chi connectivity index (χ1n) is 8.33. The average molecular weight is 348 g/mol. The van der Waals surface area contributed by atoms with Crippen LogP contribution in [-0.4, -0.2) is 12.6 Å². The summed E-state index contributed by atoms with van der Waals surface area (Å²) in [4.78, 5) is 10.8. The molecule has 0 aliphatic heterocycles. The standard InChI is InChI=1S/C19H21ClO4/c20-15-6-8-17(23-12-13-4-2-1-3-5-13)14(10-15)11-16-7-9-18(24-16)19(21)22/h6-10,13H,1-5,11-12H2,(H,21,22)/p-1. The zero-order chi connectivity index (χ0) is 16.9. The Hall–Kier alpha value is -1.94. The summed E-state index contributed by atoms with van der Waals surface area (Å²) in [5.74, 6) is 0.434. The van der Waals surface area contributed by atoms with E-state index in [2.05, 4.69) is 0 Å². The summed E-state index contributed by atoms with van der Waals surface area (Å²) in [6.45, 7) is 0.705. The number of halogens is 1. The van der Waals surface area contributed by atoms with Crippen LogP contribution in [0.4, 0.5) is 0 Å². The normalized spacial score (nSPS) is 15.4. The quantitative estimate of drug-likeness (QED) is 0.796. The van der Waals surface area contributed by atoms with Gasteiger partial charge in [0.2, 0.25) is 0 Å². The second-order valence-electron chi connectivity index (χ2n) is 6.30. The molecule has 1 heterocycles. The van der Waals surface area contributed by atoms with Crippen molar-refractivity contribution < 1.29 is 19.1 Å². The molecule has 128 valence electrons. The fourth-order valence-corrected chi connectivity index (χ4v) is 3.35. The van der Waals surface area contributed by atoms with Crippen LogP contribution in [0, 0.1) is 5.92 Å². The lowest BCUT2D eigenvalue weighted by atomic mass is 9.90. The SMILES string of the molecule is O=C([O-])c1ccc(Cc2cc(Cl)ccc2OCC2CCCCC2)o1. The number of carbonyl (C=O) groups excluding carboxylic acids is 1. The number of furan rings is 1. The van der Waals surface area contributed by atoms with Crippen LogP contribution in [0.2, 0.25) is 5.02 Å². The maximum atomic E-state index is 10.8. The molecule has 3 rings (SSSR count). The van der Waals surface area contributed by atoms with E-state index in [1.165, 1.54) is 38.2 Å². The minimum atomic E-state index is -1.32. The largest absolute Gasteiger partial charge is 0.542 e. The highest BCUT2D eigenvalue weighted by Gasteiger charge is 2.16. The Kier molecular flexibility index (Phi) is 5.46. The van der Waals surface area contributed by atoms with Crippen LogP contribution < -0.4 is 9.84 Å². The highest BCUT2D eigenvalue weighted by atomic mass is 35.5. The molecule has 1 saturated carbocycles. The first-order valence-corrected chi connectivity index (χ1v) is 8.71. The third kappa shape index (κ3) is 4.32. The molecule has 0 bridgehead atoms. The highest BCUT2D eigenvalue weighted by Crippen LogP contribution is 2.29. The average Bonchev–Trinajstić information content (AvgIpc) is 3.04. The van der Waals surface area contributed by atoms with Crippen molar-refractivity contribution >= 4 is 17.6 Å². The molecule has 2 aromatic rings. The van der Waals surface area contributed by atoms with Gasteiger partial charge in [0.25, 0.3) is 0 Å². The van der Waals surface area contributed by atoms with Crippen molar-refractivity contribution in [3.8, 4) is 5.75 Å². The molecule has 0 saturated heterocycles. The first-order chi connectivity index (χ1) is 11.6. The van der Waals surface area contributed by atoms with Gasteiger partial charge >= 0.3 is 0 Å². The van der Waals surface area contributed by atoms with Crippen molar-refractivity contribution in [2.45, 2.75) is 38.5 Å². The van der Waals surface area contributed by atoms with Gasteiger partial charge in [-0.25, -0.2) is 0 Å². The summed E-state index contributed by atoms with van der Waals surface area (Å²) >= 11 is 6.10. The number of hydrogen-bond acceptors (Lipinski definition) is 4. The molecule has 1 aromatic heterocycles. The lowest BCUT2D eigenvalue weighted by Gasteiger charge is -2.22. The van der Waals surface area contributed by atoms with Gasteiger partial charge in [-0.05, 0) is 49.1 Å². The first kappa shape index (κ1) is 16.9. The molecule has 4 nitrogen and oxygen atoms in total. The number of hydrogen-bond donors (Lipinski definition) is 0. The summed E-state index contributed by atoms with van der Waals surface area (Å²) < 4.78 is 11.3. The number of benzene rings is 1. The molecule has 1 aliphatic rings. The summed E-state index contributed by atoms with van der Waals surface area (Å²) in [6, 6.07) is 8.53. The van der Waals surface area contributed by atoms with E-state index >= 15 is 0 Å². The third-order valence-electron chi connectivity index (χ3n) is 4.45. The molecule has 24 heavy (non-hydrogen) atoms. The minimum Gasteiger partial charge on any atom is -0.542 e. The Bertz CT molecular complexity index is 701. The van der Waals surface area contributed by atoms with Gasteiger partial charge in [0.05, 0.1) is 6.61 Å². The number of carboxylic acid groups (broad SMARTS) is 1. The fourth-order valence-electron chi connectivity index (χ4n) is 3.16. The van der Waals surface area contributed by atoms with Gasteiger partial charge in [0.15, 0.2) is 0 Å². The second-order valence-corrected chi connectivity index (χ2v) is 6.73. The Morgan fingerprint density at radius 1 is 1.21 bits per heavy atom. The zero-order valence-electron chi connectivity index (χ0n) is 13.4. The van der Waals surface area contributed by atoms with E-state index in [4.69, 9.17) is 20.8 Å². The van der Waals surface area contributed by atoms with Crippen LogP contribution in [0.3, 0.4) is 0 Å². The van der Waals surface area contributed by atoms with Crippen LogP contribution in [-0.2, 0) is 6.42 Å². The van der Waals surface area contributed by atoms with Gasteiger partial charge in [-0.3, -0.25) is 0 Å². The van der Waals surface area contributed by atoms with E-state index in [9.17, 15) is 9.90 Å². The summed E-state index contributed by atoms with van der Waals surface area (Å²) in [5, 5.41) is 11.4. The zero-order valence-corrected chi connectivity index (χ0v) is 14.2. The van der Waals surface area contributed by atoms with Gasteiger partial charge in [-0.1, -0.05) is 30.9 Å². The molecule has 1 aliphatic carbocycles. The van der Waals surface area contributed by atoms with E-state index in [1.54, 1.807) is 12.1 Å². The monoisotopic (exact) mass is 347 g/mol. The van der Waals surface area contributed by atoms with Crippen LogP contribution in [0.5, 0.6) is 5.75 Å². The highest BCUT2D eigenvalue weighted by molar-refractivity contribution is 6.30. The fraction of sp³-hybridized carbons (Fsp3) is 0.421. The lowest BCUT2D eigenvalue weighted by molar-refractivity contribution is -0.257. The molecule has 0 spiro atoms. The maximum Gasteiger partial charge on any atom is 0.149 e. The van der Waals surface area contributed by atoms with E-state index < -0.39 is 5.97 Å². The molecule has 1 fully saturated rings. The van der Waals surface area contributed by atoms with Gasteiger partial charge in [-0.15, -0.1) is 0 Å². The number of ether oxygens (including phenoxy) is 1. The molecular formula is C19H20ClO4-. The van der Waals surface area contributed by atoms with Crippen molar-refractivity contribution in [3.63, 3.8) is 0 Å². The summed E-state index contributed by atoms with van der Waals surface area (Å²) in [6.07, 6.45) is 6.74. The van der Waals surface area contributed by atoms with Gasteiger partial charge in [-0.2, -0.15) is 0 Å². The van der Waals surface area contributed by atoms with Crippen molar-refractivity contribution in [1.29, 1.82) is 0 Å². The molecule has 0 atom stereocenters. The number of carbonyl (C=O) groups is 1. The van der Waals surface area contributed by atoms with Gasteiger partial charge < -0.3 is 19.1 Å². The van der Waals surface area contributed by atoms with Crippen LogP contribution in [0.25, 0.3) is 0 Å². The Morgan fingerprint density at radius 3 is 2.71 bits per heavy atom. The van der Waals surface area contributed by atoms with Crippen molar-refractivity contribution in [1.82, 2.24) is 0 Å². The van der Waals surface area contributed by atoms with Crippen LogP contribution >= 0.6 is 11.6 Å². The van der Waals surface area contributed by atoms with E-state index in [0.717, 1.165) is 11.3 Å². The van der Waals surface area contributed by atoms with Crippen LogP contribution in [0.15, 0.2) is 34.7 Å².